The summed E-state index contributed by atoms with van der Waals surface area (Å²) in [6.07, 6.45) is 0.572. The molecule has 7 nitrogen and oxygen atoms in total. The summed E-state index contributed by atoms with van der Waals surface area (Å²) in [6, 6.07) is 9.26. The number of carbonyl (C=O) groups is 2. The Balaban J connectivity index is 2.02. The second-order valence-corrected chi connectivity index (χ2v) is 8.49. The number of benzene rings is 2. The van der Waals surface area contributed by atoms with Gasteiger partial charge < -0.3 is 24.3 Å². The molecule has 32 heavy (non-hydrogen) atoms. The summed E-state index contributed by atoms with van der Waals surface area (Å²) in [6.45, 7) is 7.91. The highest BCUT2D eigenvalue weighted by Crippen LogP contribution is 2.46. The molecule has 2 aromatic rings. The summed E-state index contributed by atoms with van der Waals surface area (Å²) in [5.41, 5.74) is 2.26. The van der Waals surface area contributed by atoms with E-state index >= 15 is 0 Å². The van der Waals surface area contributed by atoms with Crippen molar-refractivity contribution in [2.24, 2.45) is 5.41 Å². The van der Waals surface area contributed by atoms with Crippen molar-refractivity contribution in [3.63, 3.8) is 0 Å². The van der Waals surface area contributed by atoms with Crippen molar-refractivity contribution in [1.29, 1.82) is 0 Å². The fourth-order valence-electron chi connectivity index (χ4n) is 3.50. The molecule has 1 amide bonds. The number of fused-ring (bicyclic) bond motifs is 1. The van der Waals surface area contributed by atoms with E-state index in [0.717, 1.165) is 23.1 Å². The van der Waals surface area contributed by atoms with Crippen LogP contribution in [-0.4, -0.2) is 38.8 Å². The summed E-state index contributed by atoms with van der Waals surface area (Å²) < 4.78 is 22.8. The molecule has 3 rings (SSSR count). The molecule has 0 saturated heterocycles. The minimum absolute atomic E-state index is 0.0744. The van der Waals surface area contributed by atoms with E-state index in [0.29, 0.717) is 29.4 Å². The first-order chi connectivity index (χ1) is 15.2. The molecule has 0 bridgehead atoms. The number of methoxy groups -OCH3 is 2. The fraction of sp³-hybridized carbons (Fsp3) is 0.440. The number of rotatable bonds is 9. The number of hydrogen-bond donors (Lipinski definition) is 1. The molecule has 172 valence electrons. The van der Waals surface area contributed by atoms with Crippen molar-refractivity contribution in [2.45, 2.75) is 46.8 Å². The molecule has 1 heterocycles. The zero-order valence-electron chi connectivity index (χ0n) is 19.5. The van der Waals surface area contributed by atoms with Crippen LogP contribution in [0.1, 0.15) is 50.0 Å². The summed E-state index contributed by atoms with van der Waals surface area (Å²) >= 11 is 0. The van der Waals surface area contributed by atoms with Crippen molar-refractivity contribution in [1.82, 2.24) is 5.32 Å². The van der Waals surface area contributed by atoms with Crippen LogP contribution in [0, 0.1) is 5.41 Å². The van der Waals surface area contributed by atoms with Crippen LogP contribution in [0.15, 0.2) is 30.3 Å². The van der Waals surface area contributed by atoms with Gasteiger partial charge >= 0.3 is 5.97 Å². The van der Waals surface area contributed by atoms with Gasteiger partial charge in [-0.05, 0) is 56.5 Å². The summed E-state index contributed by atoms with van der Waals surface area (Å²) in [4.78, 5) is 24.8. The molecular formula is C25H31NO6. The third kappa shape index (κ3) is 4.52. The van der Waals surface area contributed by atoms with Crippen molar-refractivity contribution >= 4 is 11.9 Å². The monoisotopic (exact) mass is 441 g/mol. The zero-order valence-corrected chi connectivity index (χ0v) is 19.5. The molecule has 0 spiro atoms. The van der Waals surface area contributed by atoms with E-state index in [4.69, 9.17) is 18.9 Å². The number of carbonyl (C=O) groups excluding carboxylic acids is 2. The third-order valence-corrected chi connectivity index (χ3v) is 5.65. The average Bonchev–Trinajstić information content (AvgIpc) is 3.17. The highest BCUT2D eigenvalue weighted by molar-refractivity contribution is 6.01. The molecule has 1 atom stereocenters. The molecule has 0 aliphatic carbocycles. The van der Waals surface area contributed by atoms with Crippen LogP contribution in [-0.2, 0) is 16.1 Å². The molecule has 1 aliphatic rings. The Morgan fingerprint density at radius 1 is 1.06 bits per heavy atom. The van der Waals surface area contributed by atoms with Crippen LogP contribution in [0.2, 0.25) is 0 Å². The lowest BCUT2D eigenvalue weighted by molar-refractivity contribution is -0.160. The largest absolute Gasteiger partial charge is 0.493 e. The van der Waals surface area contributed by atoms with Gasteiger partial charge in [0.25, 0.3) is 5.91 Å². The lowest BCUT2D eigenvalue weighted by atomic mass is 9.94. The van der Waals surface area contributed by atoms with E-state index in [1.807, 2.05) is 32.0 Å². The maximum atomic E-state index is 12.7. The predicted molar refractivity (Wildman–Crippen MR) is 121 cm³/mol. The Bertz CT molecular complexity index is 1010. The maximum absolute atomic E-state index is 12.7. The van der Waals surface area contributed by atoms with E-state index < -0.39 is 5.41 Å². The van der Waals surface area contributed by atoms with Crippen LogP contribution in [0.4, 0.5) is 0 Å². The molecule has 0 unspecified atom stereocenters. The van der Waals surface area contributed by atoms with Gasteiger partial charge in [-0.15, -0.1) is 0 Å². The maximum Gasteiger partial charge on any atom is 0.315 e. The van der Waals surface area contributed by atoms with Gasteiger partial charge in [-0.3, -0.25) is 9.59 Å². The van der Waals surface area contributed by atoms with E-state index in [2.05, 4.69) is 5.32 Å². The first kappa shape index (κ1) is 23.4. The smallest absolute Gasteiger partial charge is 0.315 e. The van der Waals surface area contributed by atoms with Crippen LogP contribution < -0.4 is 19.5 Å². The van der Waals surface area contributed by atoms with Gasteiger partial charge in [0, 0.05) is 17.7 Å². The molecule has 1 N–H and O–H groups in total. The lowest BCUT2D eigenvalue weighted by Gasteiger charge is -2.26. The van der Waals surface area contributed by atoms with E-state index in [1.165, 1.54) is 7.11 Å². The number of nitrogens with one attached hydrogen (secondary N) is 1. The number of ether oxygens (including phenoxy) is 4. The van der Waals surface area contributed by atoms with Gasteiger partial charge in [0.15, 0.2) is 11.5 Å². The Kier molecular flexibility index (Phi) is 6.96. The van der Waals surface area contributed by atoms with E-state index in [1.54, 1.807) is 33.1 Å². The first-order valence-corrected chi connectivity index (χ1v) is 10.7. The highest BCUT2D eigenvalue weighted by atomic mass is 16.6. The zero-order chi connectivity index (χ0) is 23.5. The van der Waals surface area contributed by atoms with E-state index in [9.17, 15) is 9.59 Å². The highest BCUT2D eigenvalue weighted by Gasteiger charge is 2.33. The molecule has 0 saturated carbocycles. The average molecular weight is 442 g/mol. The molecule has 0 aromatic heterocycles. The summed E-state index contributed by atoms with van der Waals surface area (Å²) in [7, 11) is 3.09. The minimum Gasteiger partial charge on any atom is -0.493 e. The van der Waals surface area contributed by atoms with Crippen molar-refractivity contribution in [2.75, 3.05) is 20.8 Å². The fourth-order valence-corrected chi connectivity index (χ4v) is 3.50. The Hall–Kier alpha value is -3.22. The van der Waals surface area contributed by atoms with Gasteiger partial charge in [0.1, 0.15) is 6.61 Å². The van der Waals surface area contributed by atoms with Gasteiger partial charge in [0.05, 0.1) is 25.7 Å². The SMILES string of the molecule is CC[C@H](C)OC(=O)C(C)(C)COc1c(-c2cccc3c2CNC3=O)ccc(OC)c1OC. The van der Waals surface area contributed by atoms with Crippen LogP contribution in [0.5, 0.6) is 17.2 Å². The molecule has 0 radical (unpaired) electrons. The normalized spacial score (nSPS) is 13.8. The Labute approximate surface area is 189 Å². The molecular weight excluding hydrogens is 410 g/mol. The first-order valence-electron chi connectivity index (χ1n) is 10.7. The minimum atomic E-state index is -0.884. The third-order valence-electron chi connectivity index (χ3n) is 5.65. The number of hydrogen-bond acceptors (Lipinski definition) is 6. The van der Waals surface area contributed by atoms with Gasteiger partial charge in [-0.1, -0.05) is 19.1 Å². The molecule has 7 heteroatoms. The van der Waals surface area contributed by atoms with Crippen molar-refractivity contribution in [3.8, 4) is 28.4 Å². The van der Waals surface area contributed by atoms with Crippen LogP contribution in [0.3, 0.4) is 0 Å². The Morgan fingerprint density at radius 2 is 1.78 bits per heavy atom. The van der Waals surface area contributed by atoms with Crippen molar-refractivity contribution < 1.29 is 28.5 Å². The quantitative estimate of drug-likeness (QED) is 0.582. The number of esters is 1. The number of amides is 1. The Morgan fingerprint density at radius 3 is 2.44 bits per heavy atom. The topological polar surface area (TPSA) is 83.1 Å². The standard InChI is InChI=1S/C25H31NO6/c1-7-15(2)32-24(28)25(3,4)14-31-21-17(11-12-20(29-5)22(21)30-6)16-9-8-10-18-19(16)13-26-23(18)27/h8-12,15H,7,13-14H2,1-6H3,(H,26,27)/t15-/m0/s1. The second kappa shape index (κ2) is 9.51. The summed E-state index contributed by atoms with van der Waals surface area (Å²) in [5.74, 6) is 0.951. The van der Waals surface area contributed by atoms with Crippen LogP contribution in [0.25, 0.3) is 11.1 Å². The van der Waals surface area contributed by atoms with Gasteiger partial charge in [-0.25, -0.2) is 0 Å². The summed E-state index contributed by atoms with van der Waals surface area (Å²) in [5, 5.41) is 2.86. The second-order valence-electron chi connectivity index (χ2n) is 8.49. The lowest BCUT2D eigenvalue weighted by Crippen LogP contribution is -2.35. The van der Waals surface area contributed by atoms with E-state index in [-0.39, 0.29) is 24.6 Å². The van der Waals surface area contributed by atoms with Gasteiger partial charge in [0.2, 0.25) is 5.75 Å². The van der Waals surface area contributed by atoms with Crippen molar-refractivity contribution in [3.05, 3.63) is 41.5 Å². The molecule has 2 aromatic carbocycles. The van der Waals surface area contributed by atoms with Gasteiger partial charge in [-0.2, -0.15) is 0 Å². The van der Waals surface area contributed by atoms with Crippen LogP contribution >= 0.6 is 0 Å². The predicted octanol–water partition coefficient (Wildman–Crippen LogP) is 4.36. The molecule has 0 fully saturated rings. The molecule has 1 aliphatic heterocycles.